The topological polar surface area (TPSA) is 45.8 Å². The summed E-state index contributed by atoms with van der Waals surface area (Å²) < 4.78 is 1.67. The van der Waals surface area contributed by atoms with E-state index < -0.39 is 0 Å². The van der Waals surface area contributed by atoms with Crippen LogP contribution in [0.1, 0.15) is 43.0 Å². The van der Waals surface area contributed by atoms with Crippen LogP contribution in [0.3, 0.4) is 0 Å². The van der Waals surface area contributed by atoms with Gasteiger partial charge in [-0.05, 0) is 44.2 Å². The zero-order valence-corrected chi connectivity index (χ0v) is 9.08. The molecule has 0 N–H and O–H groups in total. The highest BCUT2D eigenvalue weighted by Gasteiger charge is 2.20. The van der Waals surface area contributed by atoms with E-state index in [0.29, 0.717) is 5.56 Å². The van der Waals surface area contributed by atoms with Gasteiger partial charge in [-0.1, -0.05) is 0 Å². The number of pyridine rings is 1. The monoisotopic (exact) mass is 202 g/mol. The van der Waals surface area contributed by atoms with E-state index in [9.17, 15) is 4.79 Å². The van der Waals surface area contributed by atoms with E-state index in [4.69, 9.17) is 5.26 Å². The molecule has 1 aliphatic carbocycles. The maximum absolute atomic E-state index is 11.9. The van der Waals surface area contributed by atoms with Crippen molar-refractivity contribution in [2.45, 2.75) is 39.2 Å². The molecule has 1 aliphatic rings. The second-order valence-corrected chi connectivity index (χ2v) is 4.28. The molecule has 0 unspecified atom stereocenters. The zero-order chi connectivity index (χ0) is 11.0. The van der Waals surface area contributed by atoms with Crippen LogP contribution in [0.5, 0.6) is 0 Å². The molecule has 0 aromatic carbocycles. The molecule has 0 amide bonds. The summed E-state index contributed by atoms with van der Waals surface area (Å²) in [4.78, 5) is 11.9. The van der Waals surface area contributed by atoms with Gasteiger partial charge in [0.05, 0.1) is 0 Å². The first-order valence-corrected chi connectivity index (χ1v) is 5.32. The molecule has 0 spiro atoms. The second kappa shape index (κ2) is 3.54. The number of aryl methyl sites for hydroxylation is 1. The minimum Gasteiger partial charge on any atom is -0.312 e. The van der Waals surface area contributed by atoms with Crippen LogP contribution in [-0.4, -0.2) is 4.57 Å². The van der Waals surface area contributed by atoms with Crippen molar-refractivity contribution in [2.75, 3.05) is 0 Å². The van der Waals surface area contributed by atoms with Crippen molar-refractivity contribution in [1.82, 2.24) is 4.57 Å². The third-order valence-corrected chi connectivity index (χ3v) is 2.97. The van der Waals surface area contributed by atoms with Crippen LogP contribution < -0.4 is 5.56 Å². The third-order valence-electron chi connectivity index (χ3n) is 2.97. The predicted octanol–water partition coefficient (Wildman–Crippen LogP) is 1.79. The Hall–Kier alpha value is -1.56. The lowest BCUT2D eigenvalue weighted by Crippen LogP contribution is -2.25. The minimum absolute atomic E-state index is 0.121. The number of nitrogens with zero attached hydrogens (tertiary/aromatic N) is 2. The Bertz CT molecular complexity index is 492. The standard InChI is InChI=1S/C12H14N2O/c1-8(2)14-7-9-4-3-5-10(9)11(6-13)12(14)15/h7-8H,3-5H2,1-2H3. The van der Waals surface area contributed by atoms with Crippen LogP contribution in [0.15, 0.2) is 11.0 Å². The lowest BCUT2D eigenvalue weighted by Gasteiger charge is -2.12. The van der Waals surface area contributed by atoms with Gasteiger partial charge in [0, 0.05) is 12.2 Å². The molecule has 2 rings (SSSR count). The van der Waals surface area contributed by atoms with Gasteiger partial charge in [0.15, 0.2) is 0 Å². The summed E-state index contributed by atoms with van der Waals surface area (Å²) in [5.74, 6) is 0. The second-order valence-electron chi connectivity index (χ2n) is 4.28. The summed E-state index contributed by atoms with van der Waals surface area (Å²) in [6.45, 7) is 3.92. The number of hydrogen-bond donors (Lipinski definition) is 0. The molecule has 1 aromatic heterocycles. The smallest absolute Gasteiger partial charge is 0.268 e. The average molecular weight is 202 g/mol. The van der Waals surface area contributed by atoms with Crippen LogP contribution in [0.25, 0.3) is 0 Å². The Morgan fingerprint density at radius 2 is 2.20 bits per heavy atom. The van der Waals surface area contributed by atoms with Gasteiger partial charge in [0.25, 0.3) is 5.56 Å². The number of aromatic nitrogens is 1. The van der Waals surface area contributed by atoms with E-state index in [1.807, 2.05) is 20.0 Å². The van der Waals surface area contributed by atoms with Crippen LogP contribution in [-0.2, 0) is 12.8 Å². The number of nitriles is 1. The maximum atomic E-state index is 11.9. The van der Waals surface area contributed by atoms with Gasteiger partial charge in [-0.2, -0.15) is 5.26 Å². The van der Waals surface area contributed by atoms with Crippen LogP contribution >= 0.6 is 0 Å². The van der Waals surface area contributed by atoms with E-state index in [1.165, 1.54) is 5.56 Å². The molecule has 3 heteroatoms. The fourth-order valence-electron chi connectivity index (χ4n) is 2.18. The minimum atomic E-state index is -0.131. The summed E-state index contributed by atoms with van der Waals surface area (Å²) in [7, 11) is 0. The normalized spacial score (nSPS) is 14.0. The Kier molecular flexibility index (Phi) is 2.36. The van der Waals surface area contributed by atoms with Crippen molar-refractivity contribution >= 4 is 0 Å². The Labute approximate surface area is 89.0 Å². The van der Waals surface area contributed by atoms with Gasteiger partial charge in [0.1, 0.15) is 11.6 Å². The zero-order valence-electron chi connectivity index (χ0n) is 9.08. The summed E-state index contributed by atoms with van der Waals surface area (Å²) in [5.41, 5.74) is 2.39. The van der Waals surface area contributed by atoms with Crippen molar-refractivity contribution in [3.8, 4) is 6.07 Å². The van der Waals surface area contributed by atoms with Crippen LogP contribution in [0.4, 0.5) is 0 Å². The Morgan fingerprint density at radius 1 is 1.47 bits per heavy atom. The Balaban J connectivity index is 2.74. The van der Waals surface area contributed by atoms with Gasteiger partial charge in [0.2, 0.25) is 0 Å². The first-order chi connectivity index (χ1) is 7.15. The molecule has 0 bridgehead atoms. The molecule has 0 saturated carbocycles. The largest absolute Gasteiger partial charge is 0.312 e. The summed E-state index contributed by atoms with van der Waals surface area (Å²) in [6.07, 6.45) is 4.87. The molecular formula is C12H14N2O. The van der Waals surface area contributed by atoms with Crippen LogP contribution in [0, 0.1) is 11.3 Å². The van der Waals surface area contributed by atoms with E-state index in [1.54, 1.807) is 4.57 Å². The van der Waals surface area contributed by atoms with E-state index in [-0.39, 0.29) is 11.6 Å². The molecule has 0 fully saturated rings. The van der Waals surface area contributed by atoms with Gasteiger partial charge >= 0.3 is 0 Å². The number of hydrogen-bond acceptors (Lipinski definition) is 2. The molecule has 0 saturated heterocycles. The quantitative estimate of drug-likeness (QED) is 0.697. The lowest BCUT2D eigenvalue weighted by molar-refractivity contribution is 0.574. The van der Waals surface area contributed by atoms with Crippen molar-refractivity contribution in [3.63, 3.8) is 0 Å². The molecule has 1 heterocycles. The molecule has 0 atom stereocenters. The predicted molar refractivity (Wildman–Crippen MR) is 57.8 cm³/mol. The Morgan fingerprint density at radius 3 is 2.80 bits per heavy atom. The molecule has 15 heavy (non-hydrogen) atoms. The van der Waals surface area contributed by atoms with Crippen LogP contribution in [0.2, 0.25) is 0 Å². The van der Waals surface area contributed by atoms with E-state index >= 15 is 0 Å². The van der Waals surface area contributed by atoms with Gasteiger partial charge in [-0.25, -0.2) is 0 Å². The van der Waals surface area contributed by atoms with Crippen molar-refractivity contribution < 1.29 is 0 Å². The summed E-state index contributed by atoms with van der Waals surface area (Å²) in [6, 6.07) is 2.18. The van der Waals surface area contributed by atoms with Crippen molar-refractivity contribution in [2.24, 2.45) is 0 Å². The van der Waals surface area contributed by atoms with Gasteiger partial charge in [-0.3, -0.25) is 4.79 Å². The van der Waals surface area contributed by atoms with E-state index in [2.05, 4.69) is 6.07 Å². The molecule has 3 nitrogen and oxygen atoms in total. The average Bonchev–Trinajstić information content (AvgIpc) is 2.64. The summed E-state index contributed by atoms with van der Waals surface area (Å²) >= 11 is 0. The molecule has 78 valence electrons. The highest BCUT2D eigenvalue weighted by Crippen LogP contribution is 2.23. The van der Waals surface area contributed by atoms with Gasteiger partial charge in [-0.15, -0.1) is 0 Å². The molecule has 0 radical (unpaired) electrons. The molecule has 1 aromatic rings. The lowest BCUT2D eigenvalue weighted by atomic mass is 10.1. The molecular weight excluding hydrogens is 188 g/mol. The van der Waals surface area contributed by atoms with Gasteiger partial charge < -0.3 is 4.57 Å². The number of rotatable bonds is 1. The maximum Gasteiger partial charge on any atom is 0.268 e. The fourth-order valence-corrected chi connectivity index (χ4v) is 2.18. The highest BCUT2D eigenvalue weighted by atomic mass is 16.1. The first-order valence-electron chi connectivity index (χ1n) is 5.32. The highest BCUT2D eigenvalue weighted by molar-refractivity contribution is 5.43. The molecule has 0 aliphatic heterocycles. The SMILES string of the molecule is CC(C)n1cc2c(c(C#N)c1=O)CCC2. The summed E-state index contributed by atoms with van der Waals surface area (Å²) in [5, 5.41) is 9.03. The van der Waals surface area contributed by atoms with Crippen molar-refractivity contribution in [3.05, 3.63) is 33.2 Å². The fraction of sp³-hybridized carbons (Fsp3) is 0.500. The number of fused-ring (bicyclic) bond motifs is 1. The first kappa shape index (κ1) is 9.97. The van der Waals surface area contributed by atoms with Crippen molar-refractivity contribution in [1.29, 1.82) is 5.26 Å². The third kappa shape index (κ3) is 1.46. The van der Waals surface area contributed by atoms with E-state index in [0.717, 1.165) is 24.8 Å².